The monoisotopic (exact) mass is 497 g/mol. The number of benzene rings is 2. The fourth-order valence-corrected chi connectivity index (χ4v) is 5.03. The van der Waals surface area contributed by atoms with Gasteiger partial charge in [-0.05, 0) is 48.2 Å². The lowest BCUT2D eigenvalue weighted by Crippen LogP contribution is -2.42. The Kier molecular flexibility index (Phi) is 8.11. The van der Waals surface area contributed by atoms with E-state index in [4.69, 9.17) is 21.1 Å². The molecule has 6 nitrogen and oxygen atoms in total. The second-order valence-corrected chi connectivity index (χ2v) is 10.2. The van der Waals surface area contributed by atoms with Crippen LogP contribution >= 0.6 is 11.6 Å². The molecule has 0 aliphatic carbocycles. The summed E-state index contributed by atoms with van der Waals surface area (Å²) in [7, 11) is 2.06. The third kappa shape index (κ3) is 5.87. The normalized spacial score (nSPS) is 14.1. The van der Waals surface area contributed by atoms with Gasteiger partial charge in [0.1, 0.15) is 0 Å². The van der Waals surface area contributed by atoms with E-state index in [0.29, 0.717) is 55.3 Å². The summed E-state index contributed by atoms with van der Waals surface area (Å²) in [6.45, 7) is 9.37. The average molecular weight is 498 g/mol. The summed E-state index contributed by atoms with van der Waals surface area (Å²) >= 11 is 6.54. The number of amides is 1. The Morgan fingerprint density at radius 1 is 1.14 bits per heavy atom. The zero-order chi connectivity index (χ0) is 24.9. The summed E-state index contributed by atoms with van der Waals surface area (Å²) in [4.78, 5) is 21.3. The number of aromatic amines is 1. The Morgan fingerprint density at radius 2 is 1.94 bits per heavy atom. The lowest BCUT2D eigenvalue weighted by Gasteiger charge is -2.31. The number of nitrogens with one attached hydrogen (secondary N) is 1. The highest BCUT2D eigenvalue weighted by molar-refractivity contribution is 6.32. The van der Waals surface area contributed by atoms with Crippen molar-refractivity contribution in [2.24, 2.45) is 11.8 Å². The van der Waals surface area contributed by atoms with E-state index in [1.165, 1.54) is 0 Å². The highest BCUT2D eigenvalue weighted by Gasteiger charge is 2.26. The predicted octanol–water partition coefficient (Wildman–Crippen LogP) is 6.13. The van der Waals surface area contributed by atoms with Crippen molar-refractivity contribution in [1.82, 2.24) is 9.88 Å². The van der Waals surface area contributed by atoms with E-state index >= 15 is 0 Å². The van der Waals surface area contributed by atoms with Crippen LogP contribution < -0.4 is 14.4 Å². The summed E-state index contributed by atoms with van der Waals surface area (Å²) < 4.78 is 11.6. The molecule has 1 aliphatic rings. The van der Waals surface area contributed by atoms with Crippen LogP contribution in [0.3, 0.4) is 0 Å². The molecular weight excluding hydrogens is 462 g/mol. The predicted molar refractivity (Wildman–Crippen MR) is 143 cm³/mol. The maximum Gasteiger partial charge on any atom is 0.227 e. The van der Waals surface area contributed by atoms with Crippen LogP contribution in [0, 0.1) is 11.8 Å². The molecule has 0 fully saturated rings. The Labute approximate surface area is 213 Å². The summed E-state index contributed by atoms with van der Waals surface area (Å²) in [5.41, 5.74) is 3.18. The van der Waals surface area contributed by atoms with Crippen LogP contribution in [0.5, 0.6) is 11.5 Å². The third-order valence-corrected chi connectivity index (χ3v) is 6.73. The van der Waals surface area contributed by atoms with Gasteiger partial charge in [-0.2, -0.15) is 0 Å². The molecule has 188 valence electrons. The number of nitrogens with zero attached hydrogens (tertiary/aromatic N) is 2. The molecule has 0 radical (unpaired) electrons. The Bertz CT molecular complexity index is 1160. The number of carbonyl (C=O) groups is 1. The first-order chi connectivity index (χ1) is 16.9. The summed E-state index contributed by atoms with van der Waals surface area (Å²) in [5.74, 6) is 1.65. The van der Waals surface area contributed by atoms with Gasteiger partial charge in [0.25, 0.3) is 0 Å². The van der Waals surface area contributed by atoms with Gasteiger partial charge in [-0.25, -0.2) is 0 Å². The molecule has 3 aromatic rings. The van der Waals surface area contributed by atoms with Crippen molar-refractivity contribution in [2.45, 2.75) is 40.2 Å². The maximum absolute atomic E-state index is 13.8. The van der Waals surface area contributed by atoms with Crippen LogP contribution in [0.4, 0.5) is 5.69 Å². The molecule has 4 rings (SSSR count). The summed E-state index contributed by atoms with van der Waals surface area (Å²) in [6, 6.07) is 12.2. The number of halogens is 1. The molecule has 2 aromatic carbocycles. The molecule has 1 N–H and O–H groups in total. The molecule has 0 saturated heterocycles. The number of H-pyrrole nitrogens is 1. The van der Waals surface area contributed by atoms with E-state index in [1.807, 2.05) is 29.3 Å². The first-order valence-corrected chi connectivity index (χ1v) is 12.9. The molecule has 1 atom stereocenters. The second-order valence-electron chi connectivity index (χ2n) is 9.77. The van der Waals surface area contributed by atoms with Crippen molar-refractivity contribution in [3.63, 3.8) is 0 Å². The summed E-state index contributed by atoms with van der Waals surface area (Å²) in [5, 5.41) is 1.70. The molecule has 0 bridgehead atoms. The molecule has 0 unspecified atom stereocenters. The number of aromatic nitrogens is 1. The van der Waals surface area contributed by atoms with Crippen molar-refractivity contribution in [3.05, 3.63) is 53.2 Å². The van der Waals surface area contributed by atoms with Crippen molar-refractivity contribution in [1.29, 1.82) is 0 Å². The van der Waals surface area contributed by atoms with Crippen molar-refractivity contribution >= 4 is 34.1 Å². The number of fused-ring (bicyclic) bond motifs is 2. The molecule has 0 spiro atoms. The molecule has 1 aromatic heterocycles. The van der Waals surface area contributed by atoms with Gasteiger partial charge in [-0.15, -0.1) is 0 Å². The second kappa shape index (κ2) is 11.3. The number of hydrogen-bond donors (Lipinski definition) is 1. The zero-order valence-electron chi connectivity index (χ0n) is 21.1. The summed E-state index contributed by atoms with van der Waals surface area (Å²) in [6.07, 6.45) is 3.54. The van der Waals surface area contributed by atoms with Crippen LogP contribution in [0.1, 0.15) is 39.2 Å². The third-order valence-electron chi connectivity index (χ3n) is 6.45. The van der Waals surface area contributed by atoms with E-state index in [9.17, 15) is 4.79 Å². The number of ether oxygens (including phenoxy) is 2. The van der Waals surface area contributed by atoms with E-state index in [1.54, 1.807) is 0 Å². The van der Waals surface area contributed by atoms with Crippen molar-refractivity contribution < 1.29 is 14.3 Å². The van der Waals surface area contributed by atoms with Crippen LogP contribution in [-0.4, -0.2) is 49.1 Å². The highest BCUT2D eigenvalue weighted by Crippen LogP contribution is 2.38. The number of hydrogen-bond acceptors (Lipinski definition) is 4. The SMILES string of the molecule is CC[C@H](CN(C)c1cccc2[nH]ccc12)C(=O)N(Cc1cc(Cl)c2c(c1)OCCCO2)CC(C)C. The van der Waals surface area contributed by atoms with Gasteiger partial charge in [0.15, 0.2) is 11.5 Å². The minimum atomic E-state index is -0.121. The van der Waals surface area contributed by atoms with Crippen LogP contribution in [0.25, 0.3) is 10.9 Å². The first kappa shape index (κ1) is 25.2. The first-order valence-electron chi connectivity index (χ1n) is 12.5. The van der Waals surface area contributed by atoms with Gasteiger partial charge in [0, 0.05) is 55.9 Å². The van der Waals surface area contributed by atoms with E-state index in [-0.39, 0.29) is 11.8 Å². The van der Waals surface area contributed by atoms with Crippen molar-refractivity contribution in [3.8, 4) is 11.5 Å². The molecule has 2 heterocycles. The Balaban J connectivity index is 1.54. The standard InChI is InChI=1S/C28H36ClN3O3/c1-5-21(18-31(4)25-9-6-8-24-22(25)10-11-30-24)28(33)32(16-19(2)3)17-20-14-23(29)27-26(15-20)34-12-7-13-35-27/h6,8-11,14-15,19,21,30H,5,7,12-13,16-18H2,1-4H3/t21-/m1/s1. The minimum Gasteiger partial charge on any atom is -0.489 e. The van der Waals surface area contributed by atoms with Crippen LogP contribution in [0.2, 0.25) is 5.02 Å². The molecular formula is C28H36ClN3O3. The van der Waals surface area contributed by atoms with Gasteiger partial charge in [-0.1, -0.05) is 38.4 Å². The number of rotatable bonds is 9. The zero-order valence-corrected chi connectivity index (χ0v) is 21.9. The Morgan fingerprint density at radius 3 is 2.71 bits per heavy atom. The molecule has 1 amide bonds. The maximum atomic E-state index is 13.8. The van der Waals surface area contributed by atoms with E-state index in [2.05, 4.69) is 55.9 Å². The molecule has 7 heteroatoms. The van der Waals surface area contributed by atoms with E-state index < -0.39 is 0 Å². The molecule has 35 heavy (non-hydrogen) atoms. The highest BCUT2D eigenvalue weighted by atomic mass is 35.5. The molecule has 0 saturated carbocycles. The lowest BCUT2D eigenvalue weighted by molar-refractivity contribution is -0.136. The van der Waals surface area contributed by atoms with Gasteiger partial charge in [-0.3, -0.25) is 4.79 Å². The van der Waals surface area contributed by atoms with Gasteiger partial charge >= 0.3 is 0 Å². The number of anilines is 1. The van der Waals surface area contributed by atoms with E-state index in [0.717, 1.165) is 35.0 Å². The van der Waals surface area contributed by atoms with Gasteiger partial charge in [0.05, 0.1) is 24.2 Å². The van der Waals surface area contributed by atoms with Crippen LogP contribution in [0.15, 0.2) is 42.6 Å². The van der Waals surface area contributed by atoms with Crippen LogP contribution in [-0.2, 0) is 11.3 Å². The van der Waals surface area contributed by atoms with Gasteiger partial charge < -0.3 is 24.3 Å². The topological polar surface area (TPSA) is 57.8 Å². The lowest BCUT2D eigenvalue weighted by atomic mass is 10.0. The fraction of sp³-hybridized carbons (Fsp3) is 0.464. The van der Waals surface area contributed by atoms with Gasteiger partial charge in [0.2, 0.25) is 5.91 Å². The Hall–Kier alpha value is -2.86. The number of carbonyl (C=O) groups excluding carboxylic acids is 1. The van der Waals surface area contributed by atoms with Crippen molar-refractivity contribution in [2.75, 3.05) is 38.3 Å². The average Bonchev–Trinajstić information content (AvgIpc) is 3.19. The fourth-order valence-electron chi connectivity index (χ4n) is 4.74. The molecule has 1 aliphatic heterocycles. The quantitative estimate of drug-likeness (QED) is 0.386. The minimum absolute atomic E-state index is 0.121. The largest absolute Gasteiger partial charge is 0.489 e. The smallest absolute Gasteiger partial charge is 0.227 e.